The smallest absolute Gasteiger partial charge is 0.431 e. The van der Waals surface area contributed by atoms with Crippen LogP contribution in [0, 0.1) is 5.82 Å². The molecule has 2 aromatic heterocycles. The minimum Gasteiger partial charge on any atom is -0.467 e. The van der Waals surface area contributed by atoms with Crippen LogP contribution in [0.15, 0.2) is 34.0 Å². The number of ether oxygens (including phenoxy) is 3. The Morgan fingerprint density at radius 1 is 1.12 bits per heavy atom. The predicted octanol–water partition coefficient (Wildman–Crippen LogP) is 1.65. The number of carbonyl (C=O) groups is 1. The summed E-state index contributed by atoms with van der Waals surface area (Å²) in [5.41, 5.74) is -0.193. The van der Waals surface area contributed by atoms with Crippen LogP contribution in [-0.4, -0.2) is 39.3 Å². The molecule has 2 heterocycles. The van der Waals surface area contributed by atoms with E-state index < -0.39 is 46.3 Å². The van der Waals surface area contributed by atoms with Crippen LogP contribution in [0.1, 0.15) is 16.2 Å². The summed E-state index contributed by atoms with van der Waals surface area (Å²) in [6, 6.07) is 1.41. The van der Waals surface area contributed by atoms with Crippen molar-refractivity contribution in [2.45, 2.75) is 6.18 Å². The van der Waals surface area contributed by atoms with E-state index in [0.29, 0.717) is 6.07 Å². The Morgan fingerprint density at radius 3 is 2.38 bits per heavy atom. The van der Waals surface area contributed by atoms with E-state index in [4.69, 9.17) is 15.2 Å². The number of hydrogen-bond donors (Lipinski definition) is 1. The molecular formula is C19H15F4N5O6. The zero-order valence-electron chi connectivity index (χ0n) is 17.6. The highest BCUT2D eigenvalue weighted by atomic mass is 19.4. The number of halogens is 4. The number of carbonyl (C=O) groups excluding carboxylic acids is 1. The summed E-state index contributed by atoms with van der Waals surface area (Å²) < 4.78 is 69.2. The Hall–Kier alpha value is -4.43. The number of methoxy groups -OCH3 is 2. The Balaban J connectivity index is 2.19. The van der Waals surface area contributed by atoms with Crippen molar-refractivity contribution in [3.8, 4) is 23.2 Å². The van der Waals surface area contributed by atoms with Crippen molar-refractivity contribution in [1.29, 1.82) is 0 Å². The van der Waals surface area contributed by atoms with Crippen LogP contribution < -0.4 is 26.5 Å². The highest BCUT2D eigenvalue weighted by Gasteiger charge is 2.35. The third-order valence-corrected chi connectivity index (χ3v) is 4.45. The first-order valence-corrected chi connectivity index (χ1v) is 9.05. The SMILES string of the molecule is COC(=O)c1nc(OC)ncc1Oc1cc(-n2c(=O)cc(C(F)(F)F)n(C)c2=O)c(F)cc1N. The van der Waals surface area contributed by atoms with Gasteiger partial charge in [-0.25, -0.2) is 18.5 Å². The minimum atomic E-state index is -5.00. The van der Waals surface area contributed by atoms with Gasteiger partial charge in [-0.05, 0) is 0 Å². The van der Waals surface area contributed by atoms with Crippen molar-refractivity contribution < 1.29 is 36.6 Å². The van der Waals surface area contributed by atoms with Crippen molar-refractivity contribution >= 4 is 11.7 Å². The molecule has 0 fully saturated rings. The van der Waals surface area contributed by atoms with E-state index in [1.807, 2.05) is 0 Å². The summed E-state index contributed by atoms with van der Waals surface area (Å²) in [5, 5.41) is 0. The average Bonchev–Trinajstić information content (AvgIpc) is 2.78. The standard InChI is InChI=1S/C19H15F4N5O6/c1-27-13(19(21,22)23)6-14(29)28(18(27)31)10-5-11(9(24)4-8(10)20)34-12-7-25-17(33-3)26-15(12)16(30)32-2/h4-7H,24H2,1-3H3. The van der Waals surface area contributed by atoms with Crippen LogP contribution in [0.3, 0.4) is 0 Å². The molecule has 15 heteroatoms. The molecule has 34 heavy (non-hydrogen) atoms. The number of esters is 1. The molecule has 0 radical (unpaired) electrons. The lowest BCUT2D eigenvalue weighted by atomic mass is 10.2. The molecular weight excluding hydrogens is 470 g/mol. The maximum Gasteiger partial charge on any atom is 0.431 e. The molecule has 0 bridgehead atoms. The molecule has 0 spiro atoms. The number of aromatic nitrogens is 4. The number of benzene rings is 1. The quantitative estimate of drug-likeness (QED) is 0.324. The van der Waals surface area contributed by atoms with Crippen molar-refractivity contribution in [2.24, 2.45) is 7.05 Å². The van der Waals surface area contributed by atoms with E-state index in [2.05, 4.69) is 14.7 Å². The van der Waals surface area contributed by atoms with Crippen LogP contribution in [-0.2, 0) is 18.0 Å². The normalized spacial score (nSPS) is 11.3. The highest BCUT2D eigenvalue weighted by Crippen LogP contribution is 2.33. The van der Waals surface area contributed by atoms with Gasteiger partial charge in [-0.2, -0.15) is 23.1 Å². The second-order valence-electron chi connectivity index (χ2n) is 6.55. The molecule has 11 nitrogen and oxygen atoms in total. The second kappa shape index (κ2) is 8.84. The van der Waals surface area contributed by atoms with Gasteiger partial charge in [0.15, 0.2) is 17.2 Å². The van der Waals surface area contributed by atoms with Gasteiger partial charge >= 0.3 is 23.8 Å². The molecule has 0 unspecified atom stereocenters. The number of hydrogen-bond acceptors (Lipinski definition) is 9. The molecule has 0 saturated carbocycles. The van der Waals surface area contributed by atoms with E-state index in [9.17, 15) is 31.9 Å². The number of rotatable bonds is 5. The van der Waals surface area contributed by atoms with Crippen LogP contribution >= 0.6 is 0 Å². The van der Waals surface area contributed by atoms with Gasteiger partial charge in [0.25, 0.3) is 5.56 Å². The summed E-state index contributed by atoms with van der Waals surface area (Å²) >= 11 is 0. The number of alkyl halides is 3. The first kappa shape index (κ1) is 24.2. The lowest BCUT2D eigenvalue weighted by Crippen LogP contribution is -2.41. The Morgan fingerprint density at radius 2 is 1.79 bits per heavy atom. The van der Waals surface area contributed by atoms with Gasteiger partial charge in [-0.3, -0.25) is 9.36 Å². The predicted molar refractivity (Wildman–Crippen MR) is 107 cm³/mol. The van der Waals surface area contributed by atoms with Crippen LogP contribution in [0.2, 0.25) is 0 Å². The van der Waals surface area contributed by atoms with Crippen molar-refractivity contribution in [1.82, 2.24) is 19.1 Å². The van der Waals surface area contributed by atoms with E-state index in [1.54, 1.807) is 0 Å². The van der Waals surface area contributed by atoms with Crippen molar-refractivity contribution in [3.05, 3.63) is 62.4 Å². The van der Waals surface area contributed by atoms with E-state index in [0.717, 1.165) is 26.4 Å². The summed E-state index contributed by atoms with van der Waals surface area (Å²) in [6.07, 6.45) is -3.98. The Bertz CT molecular complexity index is 1400. The fourth-order valence-corrected chi connectivity index (χ4v) is 2.83. The first-order valence-electron chi connectivity index (χ1n) is 9.05. The molecule has 180 valence electrons. The highest BCUT2D eigenvalue weighted by molar-refractivity contribution is 5.90. The molecule has 0 aliphatic rings. The molecule has 0 aliphatic carbocycles. The van der Waals surface area contributed by atoms with E-state index >= 15 is 0 Å². The van der Waals surface area contributed by atoms with Crippen molar-refractivity contribution in [3.63, 3.8) is 0 Å². The molecule has 0 aliphatic heterocycles. The van der Waals surface area contributed by atoms with Gasteiger partial charge in [-0.15, -0.1) is 0 Å². The minimum absolute atomic E-state index is 0.143. The van der Waals surface area contributed by atoms with E-state index in [1.165, 1.54) is 7.11 Å². The molecule has 2 N–H and O–H groups in total. The maximum atomic E-state index is 14.7. The lowest BCUT2D eigenvalue weighted by Gasteiger charge is -2.16. The zero-order chi connectivity index (χ0) is 25.4. The Kier molecular flexibility index (Phi) is 6.29. The van der Waals surface area contributed by atoms with Crippen LogP contribution in [0.25, 0.3) is 5.69 Å². The largest absolute Gasteiger partial charge is 0.467 e. The average molecular weight is 485 g/mol. The van der Waals surface area contributed by atoms with Gasteiger partial charge in [0, 0.05) is 25.2 Å². The van der Waals surface area contributed by atoms with Gasteiger partial charge < -0.3 is 19.9 Å². The number of nitrogens with two attached hydrogens (primary N) is 1. The fraction of sp³-hybridized carbons (Fsp3) is 0.211. The molecule has 0 amide bonds. The van der Waals surface area contributed by atoms with Gasteiger partial charge in [0.1, 0.15) is 11.5 Å². The molecule has 3 aromatic rings. The fourth-order valence-electron chi connectivity index (χ4n) is 2.83. The molecule has 0 atom stereocenters. The van der Waals surface area contributed by atoms with Gasteiger partial charge in [0.05, 0.1) is 31.8 Å². The number of nitrogen functional groups attached to an aromatic ring is 1. The molecule has 3 rings (SSSR count). The summed E-state index contributed by atoms with van der Waals surface area (Å²) in [5.74, 6) is -2.85. The summed E-state index contributed by atoms with van der Waals surface area (Å²) in [6.45, 7) is 0. The third-order valence-electron chi connectivity index (χ3n) is 4.45. The molecule has 1 aromatic carbocycles. The molecule has 0 saturated heterocycles. The van der Waals surface area contributed by atoms with Crippen LogP contribution in [0.4, 0.5) is 23.2 Å². The van der Waals surface area contributed by atoms with Crippen molar-refractivity contribution in [2.75, 3.05) is 20.0 Å². The summed E-state index contributed by atoms with van der Waals surface area (Å²) in [7, 11) is 3.08. The number of anilines is 1. The van der Waals surface area contributed by atoms with Gasteiger partial charge in [0.2, 0.25) is 0 Å². The summed E-state index contributed by atoms with van der Waals surface area (Å²) in [4.78, 5) is 44.5. The second-order valence-corrected chi connectivity index (χ2v) is 6.55. The van der Waals surface area contributed by atoms with E-state index in [-0.39, 0.29) is 38.4 Å². The number of nitrogens with zero attached hydrogens (tertiary/aromatic N) is 4. The van der Waals surface area contributed by atoms with Crippen LogP contribution in [0.5, 0.6) is 17.5 Å². The topological polar surface area (TPSA) is 141 Å². The monoisotopic (exact) mass is 485 g/mol. The maximum absolute atomic E-state index is 14.7. The Labute approximate surface area is 186 Å². The zero-order valence-corrected chi connectivity index (χ0v) is 17.6. The third kappa shape index (κ3) is 4.39. The lowest BCUT2D eigenvalue weighted by molar-refractivity contribution is -0.144. The first-order chi connectivity index (χ1) is 15.9. The van der Waals surface area contributed by atoms with Gasteiger partial charge in [-0.1, -0.05) is 0 Å².